The van der Waals surface area contributed by atoms with Crippen molar-refractivity contribution in [3.8, 4) is 11.4 Å². The lowest BCUT2D eigenvalue weighted by Gasteiger charge is -2.18. The molecule has 4 nitrogen and oxygen atoms in total. The third-order valence-electron chi connectivity index (χ3n) is 3.79. The van der Waals surface area contributed by atoms with E-state index in [9.17, 15) is 23.1 Å². The molecule has 0 amide bonds. The van der Waals surface area contributed by atoms with Crippen molar-refractivity contribution in [2.24, 2.45) is 0 Å². The third kappa shape index (κ3) is 2.36. The molecule has 1 N–H and O–H groups in total. The molecular weight excluding hydrogens is 297 g/mol. The van der Waals surface area contributed by atoms with Crippen LogP contribution >= 0.6 is 0 Å². The van der Waals surface area contributed by atoms with Crippen LogP contribution in [0.15, 0.2) is 24.3 Å². The van der Waals surface area contributed by atoms with Crippen molar-refractivity contribution in [1.82, 2.24) is 9.55 Å². The van der Waals surface area contributed by atoms with Gasteiger partial charge in [-0.15, -0.1) is 0 Å². The molecule has 0 saturated carbocycles. The number of carboxylic acid groups (broad SMARTS) is 1. The molecular formula is C15H13F3N2O2. The van der Waals surface area contributed by atoms with Crippen LogP contribution < -0.4 is 0 Å². The monoisotopic (exact) mass is 310 g/mol. The summed E-state index contributed by atoms with van der Waals surface area (Å²) in [6.07, 6.45) is -2.39. The first kappa shape index (κ1) is 14.6. The molecule has 116 valence electrons. The molecule has 3 rings (SSSR count). The number of alkyl halides is 3. The number of hydrogen-bond donors (Lipinski definition) is 1. The first-order chi connectivity index (χ1) is 10.4. The Balaban J connectivity index is 2.24. The van der Waals surface area contributed by atoms with E-state index in [4.69, 9.17) is 0 Å². The molecule has 22 heavy (non-hydrogen) atoms. The van der Waals surface area contributed by atoms with Gasteiger partial charge in [0.1, 0.15) is 5.82 Å². The van der Waals surface area contributed by atoms with E-state index in [1.807, 2.05) is 0 Å². The number of carbonyl (C=O) groups is 1. The van der Waals surface area contributed by atoms with Crippen molar-refractivity contribution in [2.45, 2.75) is 32.0 Å². The lowest BCUT2D eigenvalue weighted by molar-refractivity contribution is -0.137. The number of carboxylic acids is 1. The molecule has 2 heterocycles. The molecule has 0 spiro atoms. The minimum absolute atomic E-state index is 0.0781. The van der Waals surface area contributed by atoms with Gasteiger partial charge in [0.05, 0.1) is 11.3 Å². The number of nitrogens with zero attached hydrogens (tertiary/aromatic N) is 2. The van der Waals surface area contributed by atoms with Gasteiger partial charge in [0, 0.05) is 12.1 Å². The van der Waals surface area contributed by atoms with Gasteiger partial charge >= 0.3 is 12.1 Å². The Kier molecular flexibility index (Phi) is 3.42. The van der Waals surface area contributed by atoms with E-state index in [1.54, 1.807) is 4.57 Å². The van der Waals surface area contributed by atoms with Crippen LogP contribution in [-0.2, 0) is 19.1 Å². The van der Waals surface area contributed by atoms with Gasteiger partial charge in [-0.3, -0.25) is 0 Å². The summed E-state index contributed by atoms with van der Waals surface area (Å²) in [6.45, 7) is 0.483. The molecule has 0 unspecified atom stereocenters. The minimum Gasteiger partial charge on any atom is -0.476 e. The van der Waals surface area contributed by atoms with Gasteiger partial charge < -0.3 is 9.67 Å². The predicted molar refractivity (Wildman–Crippen MR) is 72.6 cm³/mol. The van der Waals surface area contributed by atoms with Gasteiger partial charge in [-0.05, 0) is 25.3 Å². The standard InChI is InChI=1S/C15H13F3N2O2/c16-15(17,18)10-6-2-1-5-9(10)13-19-12(14(21)22)11-7-3-4-8-20(11)13/h1-2,5-6H,3-4,7-8H2,(H,21,22). The predicted octanol–water partition coefficient (Wildman–Crippen LogP) is 3.60. The Morgan fingerprint density at radius 2 is 1.95 bits per heavy atom. The van der Waals surface area contributed by atoms with Gasteiger partial charge in [-0.1, -0.05) is 18.2 Å². The van der Waals surface area contributed by atoms with Gasteiger partial charge in [0.15, 0.2) is 5.69 Å². The zero-order chi connectivity index (χ0) is 15.9. The lowest BCUT2D eigenvalue weighted by Crippen LogP contribution is -2.14. The highest BCUT2D eigenvalue weighted by atomic mass is 19.4. The minimum atomic E-state index is -4.51. The van der Waals surface area contributed by atoms with Crippen molar-refractivity contribution in [3.05, 3.63) is 41.2 Å². The van der Waals surface area contributed by atoms with Crippen LogP contribution in [0.25, 0.3) is 11.4 Å². The van der Waals surface area contributed by atoms with Crippen molar-refractivity contribution in [2.75, 3.05) is 0 Å². The highest BCUT2D eigenvalue weighted by Crippen LogP contribution is 2.38. The molecule has 1 aliphatic heterocycles. The van der Waals surface area contributed by atoms with Crippen molar-refractivity contribution in [3.63, 3.8) is 0 Å². The molecule has 2 aromatic rings. The molecule has 0 bridgehead atoms. The summed E-state index contributed by atoms with van der Waals surface area (Å²) in [5, 5.41) is 9.23. The van der Waals surface area contributed by atoms with Crippen LogP contribution in [0.2, 0.25) is 0 Å². The highest BCUT2D eigenvalue weighted by Gasteiger charge is 2.35. The maximum absolute atomic E-state index is 13.2. The molecule has 0 radical (unpaired) electrons. The Hall–Kier alpha value is -2.31. The molecule has 0 atom stereocenters. The van der Waals surface area contributed by atoms with E-state index < -0.39 is 17.7 Å². The zero-order valence-corrected chi connectivity index (χ0v) is 11.5. The summed E-state index contributed by atoms with van der Waals surface area (Å²) in [4.78, 5) is 15.3. The fourth-order valence-corrected chi connectivity index (χ4v) is 2.85. The zero-order valence-electron chi connectivity index (χ0n) is 11.5. The first-order valence-corrected chi connectivity index (χ1v) is 6.89. The Morgan fingerprint density at radius 1 is 1.23 bits per heavy atom. The van der Waals surface area contributed by atoms with E-state index in [1.165, 1.54) is 18.2 Å². The number of hydrogen-bond acceptors (Lipinski definition) is 2. The number of benzene rings is 1. The van der Waals surface area contributed by atoms with Crippen LogP contribution in [0.3, 0.4) is 0 Å². The van der Waals surface area contributed by atoms with Crippen LogP contribution in [0.5, 0.6) is 0 Å². The summed E-state index contributed by atoms with van der Waals surface area (Å²) in [5.74, 6) is -1.12. The average molecular weight is 310 g/mol. The summed E-state index contributed by atoms with van der Waals surface area (Å²) in [6, 6.07) is 5.12. The number of imidazole rings is 1. The fraction of sp³-hybridized carbons (Fsp3) is 0.333. The third-order valence-corrected chi connectivity index (χ3v) is 3.79. The number of aromatic nitrogens is 2. The SMILES string of the molecule is O=C(O)c1nc(-c2ccccc2C(F)(F)F)n2c1CCCC2. The quantitative estimate of drug-likeness (QED) is 0.922. The number of rotatable bonds is 2. The van der Waals surface area contributed by atoms with Gasteiger partial charge in [-0.25, -0.2) is 9.78 Å². The summed E-state index contributed by atoms with van der Waals surface area (Å²) >= 11 is 0. The maximum Gasteiger partial charge on any atom is 0.417 e. The summed E-state index contributed by atoms with van der Waals surface area (Å²) < 4.78 is 41.1. The maximum atomic E-state index is 13.2. The fourth-order valence-electron chi connectivity index (χ4n) is 2.85. The molecule has 1 aromatic heterocycles. The topological polar surface area (TPSA) is 55.1 Å². The number of aromatic carboxylic acids is 1. The molecule has 0 fully saturated rings. The van der Waals surface area contributed by atoms with Gasteiger partial charge in [0.2, 0.25) is 0 Å². The molecule has 0 aliphatic carbocycles. The molecule has 0 saturated heterocycles. The Morgan fingerprint density at radius 3 is 2.64 bits per heavy atom. The van der Waals surface area contributed by atoms with E-state index in [0.717, 1.165) is 18.9 Å². The van der Waals surface area contributed by atoms with E-state index in [2.05, 4.69) is 4.98 Å². The summed E-state index contributed by atoms with van der Waals surface area (Å²) in [5.41, 5.74) is -0.520. The van der Waals surface area contributed by atoms with Crippen LogP contribution in [0, 0.1) is 0 Å². The number of halogens is 3. The van der Waals surface area contributed by atoms with Gasteiger partial charge in [-0.2, -0.15) is 13.2 Å². The molecule has 7 heteroatoms. The second kappa shape index (κ2) is 5.15. The molecule has 1 aliphatic rings. The van der Waals surface area contributed by atoms with Crippen LogP contribution in [-0.4, -0.2) is 20.6 Å². The van der Waals surface area contributed by atoms with E-state index in [-0.39, 0.29) is 17.1 Å². The van der Waals surface area contributed by atoms with Crippen LogP contribution in [0.1, 0.15) is 34.6 Å². The van der Waals surface area contributed by atoms with E-state index >= 15 is 0 Å². The molecule has 1 aromatic carbocycles. The second-order valence-corrected chi connectivity index (χ2v) is 5.19. The second-order valence-electron chi connectivity index (χ2n) is 5.19. The highest BCUT2D eigenvalue weighted by molar-refractivity contribution is 5.88. The summed E-state index contributed by atoms with van der Waals surface area (Å²) in [7, 11) is 0. The smallest absolute Gasteiger partial charge is 0.417 e. The van der Waals surface area contributed by atoms with Crippen LogP contribution in [0.4, 0.5) is 13.2 Å². The normalized spacial score (nSPS) is 14.7. The van der Waals surface area contributed by atoms with Crippen molar-refractivity contribution >= 4 is 5.97 Å². The Labute approximate surface area is 124 Å². The van der Waals surface area contributed by atoms with E-state index in [0.29, 0.717) is 18.7 Å². The lowest BCUT2D eigenvalue weighted by atomic mass is 10.1. The van der Waals surface area contributed by atoms with Gasteiger partial charge in [0.25, 0.3) is 0 Å². The van der Waals surface area contributed by atoms with Crippen molar-refractivity contribution in [1.29, 1.82) is 0 Å². The largest absolute Gasteiger partial charge is 0.476 e. The number of fused-ring (bicyclic) bond motifs is 1. The van der Waals surface area contributed by atoms with Crippen molar-refractivity contribution < 1.29 is 23.1 Å². The Bertz CT molecular complexity index is 735. The average Bonchev–Trinajstić information content (AvgIpc) is 2.86. The first-order valence-electron chi connectivity index (χ1n) is 6.89.